The molecule has 0 fully saturated rings. The van der Waals surface area contributed by atoms with Crippen LogP contribution in [0.4, 0.5) is 0 Å². The second kappa shape index (κ2) is 6.16. The average Bonchev–Trinajstić information content (AvgIpc) is 2.69. The first kappa shape index (κ1) is 15.6. The van der Waals surface area contributed by atoms with Crippen molar-refractivity contribution in [1.82, 2.24) is 9.46 Å². The van der Waals surface area contributed by atoms with Gasteiger partial charge in [0.15, 0.2) is 0 Å². The Morgan fingerprint density at radius 3 is 2.58 bits per heavy atom. The Hall–Kier alpha value is -1.41. The molecular formula is C11H18N2O5S. The average molecular weight is 290 g/mol. The molecule has 0 spiro atoms. The second-order valence-electron chi connectivity index (χ2n) is 4.40. The molecule has 0 aliphatic rings. The lowest BCUT2D eigenvalue weighted by molar-refractivity contribution is -0.141. The minimum absolute atomic E-state index is 0.306. The Balaban J connectivity index is 2.90. The molecule has 0 amide bonds. The number of carbonyl (C=O) groups excluding carboxylic acids is 1. The van der Waals surface area contributed by atoms with Gasteiger partial charge in [-0.3, -0.25) is 4.79 Å². The third kappa shape index (κ3) is 4.32. The third-order valence-corrected chi connectivity index (χ3v) is 4.38. The molecule has 1 heterocycles. The molecule has 108 valence electrons. The largest absolute Gasteiger partial charge is 0.468 e. The molecule has 0 atom stereocenters. The quantitative estimate of drug-likeness (QED) is 0.716. The Kier molecular flexibility index (Phi) is 5.07. The Morgan fingerprint density at radius 2 is 2.16 bits per heavy atom. The van der Waals surface area contributed by atoms with Gasteiger partial charge < -0.3 is 9.26 Å². The van der Waals surface area contributed by atoms with E-state index in [-0.39, 0.29) is 18.3 Å². The van der Waals surface area contributed by atoms with E-state index < -0.39 is 16.0 Å². The highest BCUT2D eigenvalue weighted by atomic mass is 32.2. The molecule has 0 saturated carbocycles. The van der Waals surface area contributed by atoms with Gasteiger partial charge in [0.25, 0.3) is 0 Å². The summed E-state index contributed by atoms with van der Waals surface area (Å²) in [6.07, 6.45) is 0. The molecule has 0 bridgehead atoms. The van der Waals surface area contributed by atoms with Crippen LogP contribution in [-0.2, 0) is 25.3 Å². The van der Waals surface area contributed by atoms with Gasteiger partial charge in [-0.1, -0.05) is 5.16 Å². The lowest BCUT2D eigenvalue weighted by atomic mass is 10.4. The Labute approximate surface area is 112 Å². The number of sulfonamides is 1. The molecule has 7 nitrogen and oxygen atoms in total. The van der Waals surface area contributed by atoms with E-state index in [1.807, 2.05) is 0 Å². The fraction of sp³-hybridized carbons (Fsp3) is 0.636. The van der Waals surface area contributed by atoms with E-state index in [4.69, 9.17) is 4.52 Å². The zero-order valence-corrected chi connectivity index (χ0v) is 12.2. The molecule has 0 radical (unpaired) electrons. The molecule has 8 heteroatoms. The van der Waals surface area contributed by atoms with Crippen LogP contribution in [0.25, 0.3) is 0 Å². The number of nitrogens with zero attached hydrogens (tertiary/aromatic N) is 2. The van der Waals surface area contributed by atoms with Crippen molar-refractivity contribution in [3.63, 3.8) is 0 Å². The number of aryl methyl sites for hydroxylation is 1. The van der Waals surface area contributed by atoms with Crippen molar-refractivity contribution >= 4 is 16.0 Å². The van der Waals surface area contributed by atoms with Crippen molar-refractivity contribution in [3.8, 4) is 0 Å². The highest BCUT2D eigenvalue weighted by Crippen LogP contribution is 2.14. The fourth-order valence-electron chi connectivity index (χ4n) is 1.55. The Morgan fingerprint density at radius 1 is 1.53 bits per heavy atom. The van der Waals surface area contributed by atoms with Crippen molar-refractivity contribution in [1.29, 1.82) is 0 Å². The predicted molar refractivity (Wildman–Crippen MR) is 67.7 cm³/mol. The van der Waals surface area contributed by atoms with E-state index in [1.54, 1.807) is 26.8 Å². The number of esters is 1. The summed E-state index contributed by atoms with van der Waals surface area (Å²) in [4.78, 5) is 11.3. The van der Waals surface area contributed by atoms with Gasteiger partial charge in [-0.15, -0.1) is 0 Å². The molecule has 0 unspecified atom stereocenters. The number of carbonyl (C=O) groups is 1. The van der Waals surface area contributed by atoms with Crippen molar-refractivity contribution < 1.29 is 22.5 Å². The number of hydrogen-bond acceptors (Lipinski definition) is 6. The topological polar surface area (TPSA) is 89.7 Å². The van der Waals surface area contributed by atoms with E-state index in [9.17, 15) is 13.2 Å². The minimum atomic E-state index is -3.66. The van der Waals surface area contributed by atoms with Crippen LogP contribution in [0.15, 0.2) is 10.6 Å². The van der Waals surface area contributed by atoms with E-state index in [1.165, 1.54) is 7.11 Å². The van der Waals surface area contributed by atoms with Crippen LogP contribution < -0.4 is 0 Å². The summed E-state index contributed by atoms with van der Waals surface area (Å²) in [5, 5.41) is 3.64. The van der Waals surface area contributed by atoms with Gasteiger partial charge in [-0.05, 0) is 20.8 Å². The minimum Gasteiger partial charge on any atom is -0.468 e. The summed E-state index contributed by atoms with van der Waals surface area (Å²) < 4.78 is 34.9. The van der Waals surface area contributed by atoms with Crippen molar-refractivity contribution in [3.05, 3.63) is 17.5 Å². The maximum absolute atomic E-state index is 12.2. The van der Waals surface area contributed by atoms with Crippen molar-refractivity contribution in [2.45, 2.75) is 32.6 Å². The van der Waals surface area contributed by atoms with Crippen LogP contribution in [0.5, 0.6) is 0 Å². The number of hydrogen-bond donors (Lipinski definition) is 0. The summed E-state index contributed by atoms with van der Waals surface area (Å²) in [5.74, 6) is -0.373. The van der Waals surface area contributed by atoms with E-state index in [0.717, 1.165) is 4.31 Å². The first-order valence-electron chi connectivity index (χ1n) is 5.74. The molecule has 0 N–H and O–H groups in total. The number of aromatic nitrogens is 1. The zero-order valence-electron chi connectivity index (χ0n) is 11.4. The predicted octanol–water partition coefficient (Wildman–Crippen LogP) is 0.696. The van der Waals surface area contributed by atoms with Crippen LogP contribution in [0, 0.1) is 6.92 Å². The van der Waals surface area contributed by atoms with Gasteiger partial charge in [-0.25, -0.2) is 8.42 Å². The van der Waals surface area contributed by atoms with E-state index in [2.05, 4.69) is 9.89 Å². The van der Waals surface area contributed by atoms with Crippen LogP contribution in [-0.4, -0.2) is 43.5 Å². The van der Waals surface area contributed by atoms with E-state index >= 15 is 0 Å². The zero-order chi connectivity index (χ0) is 14.6. The third-order valence-electron chi connectivity index (χ3n) is 2.45. The van der Waals surface area contributed by atoms with Crippen LogP contribution in [0.3, 0.4) is 0 Å². The summed E-state index contributed by atoms with van der Waals surface area (Å²) >= 11 is 0. The van der Waals surface area contributed by atoms with E-state index in [0.29, 0.717) is 11.5 Å². The Bertz CT molecular complexity index is 535. The molecule has 0 aliphatic heterocycles. The van der Waals surface area contributed by atoms with Crippen molar-refractivity contribution in [2.75, 3.05) is 13.7 Å². The smallest absolute Gasteiger partial charge is 0.321 e. The van der Waals surface area contributed by atoms with Gasteiger partial charge in [0, 0.05) is 12.1 Å². The second-order valence-corrected chi connectivity index (χ2v) is 6.32. The number of rotatable bonds is 6. The monoisotopic (exact) mass is 290 g/mol. The molecule has 1 aromatic heterocycles. The van der Waals surface area contributed by atoms with Crippen LogP contribution in [0.1, 0.15) is 25.3 Å². The molecule has 1 aromatic rings. The highest BCUT2D eigenvalue weighted by Gasteiger charge is 2.28. The van der Waals surface area contributed by atoms with Gasteiger partial charge >= 0.3 is 5.97 Å². The molecule has 0 saturated heterocycles. The lowest BCUT2D eigenvalue weighted by Crippen LogP contribution is -2.41. The highest BCUT2D eigenvalue weighted by molar-refractivity contribution is 7.88. The van der Waals surface area contributed by atoms with Gasteiger partial charge in [0.2, 0.25) is 10.0 Å². The summed E-state index contributed by atoms with van der Waals surface area (Å²) in [5.41, 5.74) is 0.313. The molecule has 0 aromatic carbocycles. The SMILES string of the molecule is COC(=O)CN(C(C)C)S(=O)(=O)Cc1cc(C)on1. The first-order chi connectivity index (χ1) is 8.76. The molecule has 1 rings (SSSR count). The summed E-state index contributed by atoms with van der Waals surface area (Å²) in [7, 11) is -2.44. The van der Waals surface area contributed by atoms with Crippen LogP contribution >= 0.6 is 0 Å². The van der Waals surface area contributed by atoms with Crippen LogP contribution in [0.2, 0.25) is 0 Å². The molecule has 0 aliphatic carbocycles. The first-order valence-corrected chi connectivity index (χ1v) is 7.35. The maximum Gasteiger partial charge on any atom is 0.321 e. The molecular weight excluding hydrogens is 272 g/mol. The van der Waals surface area contributed by atoms with Gasteiger partial charge in [0.1, 0.15) is 23.8 Å². The number of ether oxygens (including phenoxy) is 1. The fourth-order valence-corrected chi connectivity index (χ4v) is 3.17. The maximum atomic E-state index is 12.2. The number of methoxy groups -OCH3 is 1. The molecule has 19 heavy (non-hydrogen) atoms. The van der Waals surface area contributed by atoms with Gasteiger partial charge in [-0.2, -0.15) is 4.31 Å². The summed E-state index contributed by atoms with van der Waals surface area (Å²) in [6, 6.07) is 1.20. The normalized spacial score (nSPS) is 12.1. The lowest BCUT2D eigenvalue weighted by Gasteiger charge is -2.24. The summed E-state index contributed by atoms with van der Waals surface area (Å²) in [6.45, 7) is 4.74. The van der Waals surface area contributed by atoms with Crippen molar-refractivity contribution in [2.24, 2.45) is 0 Å². The van der Waals surface area contributed by atoms with Gasteiger partial charge in [0.05, 0.1) is 7.11 Å². The standard InChI is InChI=1S/C11H18N2O5S/c1-8(2)13(6-11(14)17-4)19(15,16)7-10-5-9(3)18-12-10/h5,8H,6-7H2,1-4H3.